The summed E-state index contributed by atoms with van der Waals surface area (Å²) in [4.78, 5) is 15.4. The number of aromatic nitrogens is 3. The summed E-state index contributed by atoms with van der Waals surface area (Å²) in [5.74, 6) is 0.804. The molecule has 1 saturated heterocycles. The molecule has 0 atom stereocenters. The largest absolute Gasteiger partial charge is 0.496 e. The zero-order chi connectivity index (χ0) is 17.8. The molecule has 1 aliphatic rings. The molecule has 3 heterocycles. The molecule has 2 aromatic heterocycles. The van der Waals surface area contributed by atoms with Gasteiger partial charge in [0.05, 0.1) is 35.7 Å². The summed E-state index contributed by atoms with van der Waals surface area (Å²) in [7, 11) is 1.68. The number of anilines is 2. The lowest BCUT2D eigenvalue weighted by Crippen LogP contribution is -2.43. The van der Waals surface area contributed by atoms with Gasteiger partial charge in [0.2, 0.25) is 0 Å². The molecule has 0 spiro atoms. The average molecular weight is 350 g/mol. The van der Waals surface area contributed by atoms with Crippen LogP contribution in [0.1, 0.15) is 5.56 Å². The lowest BCUT2D eigenvalue weighted by atomic mass is 10.1. The summed E-state index contributed by atoms with van der Waals surface area (Å²) in [6, 6.07) is 6.02. The second-order valence-corrected chi connectivity index (χ2v) is 6.19. The van der Waals surface area contributed by atoms with Crippen LogP contribution in [0.2, 0.25) is 0 Å². The predicted octanol–water partition coefficient (Wildman–Crippen LogP) is 2.06. The van der Waals surface area contributed by atoms with Crippen LogP contribution < -0.4 is 20.3 Å². The van der Waals surface area contributed by atoms with E-state index in [9.17, 15) is 0 Å². The Labute approximate surface area is 152 Å². The molecule has 134 valence electrons. The van der Waals surface area contributed by atoms with E-state index < -0.39 is 0 Å². The topological polar surface area (TPSA) is 75.2 Å². The first kappa shape index (κ1) is 16.5. The molecular weight excluding hydrogens is 328 g/mol. The van der Waals surface area contributed by atoms with Crippen LogP contribution in [0.3, 0.4) is 0 Å². The second-order valence-electron chi connectivity index (χ2n) is 6.19. The van der Waals surface area contributed by atoms with Gasteiger partial charge in [0, 0.05) is 62.9 Å². The SMILES string of the molecule is COc1cc2nccnc2cc1CNc1cnccc1N1CCNCC1. The molecule has 1 fully saturated rings. The zero-order valence-electron chi connectivity index (χ0n) is 14.8. The minimum atomic E-state index is 0.625. The number of ether oxygens (including phenoxy) is 1. The van der Waals surface area contributed by atoms with Gasteiger partial charge in [-0.15, -0.1) is 0 Å². The molecule has 0 saturated carbocycles. The van der Waals surface area contributed by atoms with Crippen LogP contribution in [0.15, 0.2) is 43.0 Å². The molecule has 1 aliphatic heterocycles. The van der Waals surface area contributed by atoms with Gasteiger partial charge in [0.15, 0.2) is 0 Å². The third kappa shape index (κ3) is 3.39. The Balaban J connectivity index is 1.58. The number of hydrogen-bond acceptors (Lipinski definition) is 7. The molecule has 0 aliphatic carbocycles. The van der Waals surface area contributed by atoms with Gasteiger partial charge in [-0.2, -0.15) is 0 Å². The highest BCUT2D eigenvalue weighted by molar-refractivity contribution is 5.77. The van der Waals surface area contributed by atoms with Crippen LogP contribution in [-0.4, -0.2) is 48.2 Å². The van der Waals surface area contributed by atoms with Crippen molar-refractivity contribution in [2.24, 2.45) is 0 Å². The van der Waals surface area contributed by atoms with Gasteiger partial charge in [-0.1, -0.05) is 0 Å². The highest BCUT2D eigenvalue weighted by atomic mass is 16.5. The normalized spacial score (nSPS) is 14.4. The Bertz CT molecular complexity index is 894. The number of hydrogen-bond donors (Lipinski definition) is 2. The molecule has 7 nitrogen and oxygen atoms in total. The van der Waals surface area contributed by atoms with Crippen LogP contribution in [0, 0.1) is 0 Å². The van der Waals surface area contributed by atoms with E-state index in [1.54, 1.807) is 19.5 Å². The number of methoxy groups -OCH3 is 1. The number of nitrogens with one attached hydrogen (secondary N) is 2. The Morgan fingerprint density at radius 3 is 2.65 bits per heavy atom. The van der Waals surface area contributed by atoms with Crippen LogP contribution in [0.25, 0.3) is 11.0 Å². The minimum absolute atomic E-state index is 0.625. The number of rotatable bonds is 5. The molecule has 0 bridgehead atoms. The van der Waals surface area contributed by atoms with Gasteiger partial charge in [-0.05, 0) is 12.1 Å². The van der Waals surface area contributed by atoms with E-state index >= 15 is 0 Å². The van der Waals surface area contributed by atoms with Crippen LogP contribution >= 0.6 is 0 Å². The lowest BCUT2D eigenvalue weighted by molar-refractivity contribution is 0.411. The Morgan fingerprint density at radius 2 is 1.88 bits per heavy atom. The number of pyridine rings is 1. The molecular formula is C19H22N6O. The number of fused-ring (bicyclic) bond motifs is 1. The van der Waals surface area contributed by atoms with Gasteiger partial charge >= 0.3 is 0 Å². The molecule has 3 aromatic rings. The van der Waals surface area contributed by atoms with Crippen molar-refractivity contribution in [2.75, 3.05) is 43.5 Å². The van der Waals surface area contributed by atoms with Crippen molar-refractivity contribution in [3.8, 4) is 5.75 Å². The fourth-order valence-corrected chi connectivity index (χ4v) is 3.26. The van der Waals surface area contributed by atoms with Gasteiger partial charge in [-0.25, -0.2) is 0 Å². The summed E-state index contributed by atoms with van der Waals surface area (Å²) >= 11 is 0. The summed E-state index contributed by atoms with van der Waals surface area (Å²) in [6.45, 7) is 4.61. The Kier molecular flexibility index (Phi) is 4.79. The second kappa shape index (κ2) is 7.53. The Hall–Kier alpha value is -2.93. The van der Waals surface area contributed by atoms with E-state index in [-0.39, 0.29) is 0 Å². The third-order valence-electron chi connectivity index (χ3n) is 4.60. The molecule has 0 unspecified atom stereocenters. The maximum Gasteiger partial charge on any atom is 0.126 e. The fourth-order valence-electron chi connectivity index (χ4n) is 3.26. The first-order valence-electron chi connectivity index (χ1n) is 8.76. The highest BCUT2D eigenvalue weighted by Crippen LogP contribution is 2.28. The third-order valence-corrected chi connectivity index (χ3v) is 4.60. The molecule has 0 amide bonds. The van der Waals surface area contributed by atoms with Gasteiger partial charge < -0.3 is 20.3 Å². The molecule has 0 radical (unpaired) electrons. The number of benzene rings is 1. The van der Waals surface area contributed by atoms with Crippen molar-refractivity contribution in [1.29, 1.82) is 0 Å². The summed E-state index contributed by atoms with van der Waals surface area (Å²) in [6.07, 6.45) is 7.12. The van der Waals surface area contributed by atoms with E-state index in [0.29, 0.717) is 6.54 Å². The lowest BCUT2D eigenvalue weighted by Gasteiger charge is -2.31. The standard InChI is InChI=1S/C19H22N6O/c1-26-19-11-16-15(22-4-5-23-16)10-14(19)12-24-17-13-21-3-2-18(17)25-8-6-20-7-9-25/h2-5,10-11,13,20,24H,6-9,12H2,1H3. The van der Waals surface area contributed by atoms with E-state index in [4.69, 9.17) is 4.74 Å². The van der Waals surface area contributed by atoms with Crippen molar-refractivity contribution in [1.82, 2.24) is 20.3 Å². The quantitative estimate of drug-likeness (QED) is 0.729. The summed E-state index contributed by atoms with van der Waals surface area (Å²) in [5.41, 5.74) is 4.93. The van der Waals surface area contributed by atoms with Crippen molar-refractivity contribution < 1.29 is 4.74 Å². The molecule has 4 rings (SSSR count). The van der Waals surface area contributed by atoms with Crippen molar-refractivity contribution in [2.45, 2.75) is 6.54 Å². The van der Waals surface area contributed by atoms with Crippen molar-refractivity contribution in [3.05, 3.63) is 48.5 Å². The van der Waals surface area contributed by atoms with E-state index in [2.05, 4.69) is 36.6 Å². The van der Waals surface area contributed by atoms with Gasteiger partial charge in [0.25, 0.3) is 0 Å². The maximum absolute atomic E-state index is 5.55. The fraction of sp³-hybridized carbons (Fsp3) is 0.316. The zero-order valence-corrected chi connectivity index (χ0v) is 14.8. The summed E-state index contributed by atoms with van der Waals surface area (Å²) < 4.78 is 5.55. The van der Waals surface area contributed by atoms with Crippen molar-refractivity contribution >= 4 is 22.4 Å². The van der Waals surface area contributed by atoms with Crippen LogP contribution in [0.5, 0.6) is 5.75 Å². The smallest absolute Gasteiger partial charge is 0.126 e. The maximum atomic E-state index is 5.55. The average Bonchev–Trinajstić information content (AvgIpc) is 2.72. The number of piperazine rings is 1. The minimum Gasteiger partial charge on any atom is -0.496 e. The van der Waals surface area contributed by atoms with E-state index in [0.717, 1.165) is 54.2 Å². The van der Waals surface area contributed by atoms with Crippen molar-refractivity contribution in [3.63, 3.8) is 0 Å². The summed E-state index contributed by atoms with van der Waals surface area (Å²) in [5, 5.41) is 6.90. The first-order chi connectivity index (χ1) is 12.8. The monoisotopic (exact) mass is 350 g/mol. The van der Waals surface area contributed by atoms with Crippen LogP contribution in [0.4, 0.5) is 11.4 Å². The van der Waals surface area contributed by atoms with Crippen LogP contribution in [-0.2, 0) is 6.54 Å². The van der Waals surface area contributed by atoms with E-state index in [1.165, 1.54) is 5.69 Å². The predicted molar refractivity (Wildman–Crippen MR) is 103 cm³/mol. The number of nitrogens with zero attached hydrogens (tertiary/aromatic N) is 4. The molecule has 1 aromatic carbocycles. The molecule has 26 heavy (non-hydrogen) atoms. The highest BCUT2D eigenvalue weighted by Gasteiger charge is 2.15. The molecule has 2 N–H and O–H groups in total. The Morgan fingerprint density at radius 1 is 1.12 bits per heavy atom. The van der Waals surface area contributed by atoms with Gasteiger partial charge in [0.1, 0.15) is 5.75 Å². The van der Waals surface area contributed by atoms with Gasteiger partial charge in [-0.3, -0.25) is 15.0 Å². The van der Waals surface area contributed by atoms with E-state index in [1.807, 2.05) is 24.5 Å². The first-order valence-corrected chi connectivity index (χ1v) is 8.76. The molecule has 7 heteroatoms.